The van der Waals surface area contributed by atoms with Crippen LogP contribution < -0.4 is 0 Å². The van der Waals surface area contributed by atoms with Crippen LogP contribution in [0.25, 0.3) is 33.6 Å². The maximum Gasteiger partial charge on any atom is 0.410 e. The lowest BCUT2D eigenvalue weighted by molar-refractivity contribution is -0.137. The molecule has 2 N–H and O–H groups in total. The average Bonchev–Trinajstić information content (AvgIpc) is 4.07. The smallest absolute Gasteiger partial charge is 0.410 e. The molecule has 5 heterocycles. The first-order valence-corrected chi connectivity index (χ1v) is 21.1. The molecule has 8 rings (SSSR count). The van der Waals surface area contributed by atoms with E-state index in [0.717, 1.165) is 89.4 Å². The number of hydrogen-bond donors (Lipinski definition) is 2. The van der Waals surface area contributed by atoms with Gasteiger partial charge in [-0.05, 0) is 101 Å². The first-order chi connectivity index (χ1) is 28.4. The Morgan fingerprint density at radius 2 is 1.19 bits per heavy atom. The molecule has 3 aliphatic rings. The van der Waals surface area contributed by atoms with Crippen LogP contribution in [0.5, 0.6) is 0 Å². The third-order valence-corrected chi connectivity index (χ3v) is 11.9. The van der Waals surface area contributed by atoms with Crippen LogP contribution in [0.2, 0.25) is 0 Å². The fourth-order valence-electron chi connectivity index (χ4n) is 9.04. The van der Waals surface area contributed by atoms with E-state index in [1.807, 2.05) is 92.3 Å². The first kappa shape index (κ1) is 40.0. The van der Waals surface area contributed by atoms with Crippen molar-refractivity contribution in [2.24, 2.45) is 0 Å². The number of benzene rings is 3. The summed E-state index contributed by atoms with van der Waals surface area (Å²) in [4.78, 5) is 64.6. The molecule has 4 atom stereocenters. The molecule has 0 aliphatic carbocycles. The molecule has 12 heteroatoms. The Morgan fingerprint density at radius 1 is 0.695 bits per heavy atom. The van der Waals surface area contributed by atoms with Gasteiger partial charge in [0, 0.05) is 32.1 Å². The molecular formula is C47H56N8O4. The zero-order chi connectivity index (χ0) is 41.3. The number of hydrogen-bond acceptors (Lipinski definition) is 7. The van der Waals surface area contributed by atoms with Crippen LogP contribution in [0.15, 0.2) is 91.3 Å². The summed E-state index contributed by atoms with van der Waals surface area (Å²) < 4.78 is 5.62. The number of carbonyl (C=O) groups excluding carboxylic acids is 3. The summed E-state index contributed by atoms with van der Waals surface area (Å²) in [5, 5.41) is 0. The highest BCUT2D eigenvalue weighted by Gasteiger charge is 2.39. The fourth-order valence-corrected chi connectivity index (χ4v) is 9.04. The van der Waals surface area contributed by atoms with E-state index >= 15 is 0 Å². The quantitative estimate of drug-likeness (QED) is 0.145. The van der Waals surface area contributed by atoms with E-state index in [0.29, 0.717) is 26.1 Å². The SMILES string of the molecule is CN(C)[C@@H](C(=O)N1CCC[C@H]1c1ncc(-c2ccc(-c3ccc(-c4cnc([C@@H]5CCCN5C(=O)C[C@@H]5CCCN5C(=O)OC(C)(C)C)[nH]4)cc3)cc2)[nH]1)c1ccccc1. The summed E-state index contributed by atoms with van der Waals surface area (Å²) in [7, 11) is 3.91. The summed E-state index contributed by atoms with van der Waals surface area (Å²) in [6.45, 7) is 7.60. The minimum absolute atomic E-state index is 0.0547. The molecule has 3 aliphatic heterocycles. The molecule has 3 fully saturated rings. The lowest BCUT2D eigenvalue weighted by Crippen LogP contribution is -2.42. The van der Waals surface area contributed by atoms with Crippen molar-refractivity contribution >= 4 is 17.9 Å². The Bertz CT molecular complexity index is 2240. The van der Waals surface area contributed by atoms with Crippen molar-refractivity contribution in [2.45, 2.75) is 95.5 Å². The largest absolute Gasteiger partial charge is 0.444 e. The minimum Gasteiger partial charge on any atom is -0.444 e. The van der Waals surface area contributed by atoms with E-state index in [1.165, 1.54) is 0 Å². The predicted octanol–water partition coefficient (Wildman–Crippen LogP) is 8.55. The number of nitrogens with zero attached hydrogens (tertiary/aromatic N) is 6. The molecule has 0 spiro atoms. The predicted molar refractivity (Wildman–Crippen MR) is 228 cm³/mol. The van der Waals surface area contributed by atoms with Crippen molar-refractivity contribution < 1.29 is 19.1 Å². The molecule has 3 aromatic carbocycles. The van der Waals surface area contributed by atoms with Crippen molar-refractivity contribution in [1.82, 2.24) is 39.5 Å². The molecule has 12 nitrogen and oxygen atoms in total. The van der Waals surface area contributed by atoms with E-state index in [2.05, 4.69) is 58.5 Å². The number of carbonyl (C=O) groups is 3. The molecular weight excluding hydrogens is 741 g/mol. The lowest BCUT2D eigenvalue weighted by atomic mass is 10.0. The monoisotopic (exact) mass is 796 g/mol. The molecule has 3 amide bonds. The zero-order valence-electron chi connectivity index (χ0n) is 34.9. The molecule has 0 bridgehead atoms. The maximum atomic E-state index is 13.9. The Morgan fingerprint density at radius 3 is 1.73 bits per heavy atom. The normalized spacial score (nSPS) is 20.1. The van der Waals surface area contributed by atoms with Crippen molar-refractivity contribution in [2.75, 3.05) is 33.7 Å². The van der Waals surface area contributed by atoms with Crippen LogP contribution in [0.3, 0.4) is 0 Å². The van der Waals surface area contributed by atoms with Crippen LogP contribution in [0.1, 0.15) is 101 Å². The van der Waals surface area contributed by atoms with E-state index in [9.17, 15) is 14.4 Å². The fraction of sp³-hybridized carbons (Fsp3) is 0.426. The van der Waals surface area contributed by atoms with Gasteiger partial charge in [0.2, 0.25) is 11.8 Å². The number of H-pyrrole nitrogens is 2. The summed E-state index contributed by atoms with van der Waals surface area (Å²) in [5.41, 5.74) is 6.49. The molecule has 59 heavy (non-hydrogen) atoms. The average molecular weight is 797 g/mol. The van der Waals surface area contributed by atoms with Gasteiger partial charge in [-0.2, -0.15) is 0 Å². The van der Waals surface area contributed by atoms with Gasteiger partial charge in [-0.25, -0.2) is 14.8 Å². The van der Waals surface area contributed by atoms with Gasteiger partial charge in [0.1, 0.15) is 23.3 Å². The summed E-state index contributed by atoms with van der Waals surface area (Å²) in [6, 6.07) is 26.1. The number of aromatic nitrogens is 4. The van der Waals surface area contributed by atoms with Gasteiger partial charge >= 0.3 is 6.09 Å². The van der Waals surface area contributed by atoms with Crippen molar-refractivity contribution in [3.63, 3.8) is 0 Å². The highest BCUT2D eigenvalue weighted by atomic mass is 16.6. The standard InChI is InChI=1S/C47H56N8O4/c1-47(2,3)59-46(58)53-25-9-14-36(53)28-41(56)54-26-10-15-39(54)43-48-29-37(50-43)33-21-17-31(18-22-33)32-19-23-34(24-20-32)38-30-49-44(51-38)40-16-11-27-55(40)45(57)42(52(4)5)35-12-7-6-8-13-35/h6-8,12-13,17-24,29-30,36,39-40,42H,9-11,14-16,25-28H2,1-5H3,(H,48,50)(H,49,51)/t36-,39-,40-,42+/m0/s1. The van der Waals surface area contributed by atoms with E-state index in [-0.39, 0.29) is 42.1 Å². The Hall–Kier alpha value is -5.75. The highest BCUT2D eigenvalue weighted by Crippen LogP contribution is 2.37. The third kappa shape index (κ3) is 8.69. The van der Waals surface area contributed by atoms with Gasteiger partial charge < -0.3 is 29.4 Å². The van der Waals surface area contributed by atoms with Crippen molar-refractivity contribution in [1.29, 1.82) is 0 Å². The Kier molecular flexibility index (Phi) is 11.4. The van der Waals surface area contributed by atoms with Gasteiger partial charge in [0.15, 0.2) is 0 Å². The summed E-state index contributed by atoms with van der Waals surface area (Å²) in [5.74, 6) is 1.77. The topological polar surface area (TPSA) is 131 Å². The lowest BCUT2D eigenvalue weighted by Gasteiger charge is -2.31. The number of rotatable bonds is 10. The number of imidazole rings is 2. The first-order valence-electron chi connectivity index (χ1n) is 21.1. The molecule has 0 unspecified atom stereocenters. The molecule has 308 valence electrons. The highest BCUT2D eigenvalue weighted by molar-refractivity contribution is 5.84. The van der Waals surface area contributed by atoms with E-state index < -0.39 is 5.60 Å². The molecule has 0 saturated carbocycles. The van der Waals surface area contributed by atoms with E-state index in [1.54, 1.807) is 4.90 Å². The van der Waals surface area contributed by atoms with Crippen LogP contribution in [0.4, 0.5) is 4.79 Å². The van der Waals surface area contributed by atoms with Gasteiger partial charge in [-0.3, -0.25) is 14.5 Å². The second kappa shape index (κ2) is 16.8. The molecule has 3 saturated heterocycles. The Labute approximate surface area is 347 Å². The van der Waals surface area contributed by atoms with Gasteiger partial charge in [0.05, 0.1) is 35.9 Å². The van der Waals surface area contributed by atoms with Gasteiger partial charge in [0.25, 0.3) is 0 Å². The Balaban J connectivity index is 0.894. The van der Waals surface area contributed by atoms with Gasteiger partial charge in [-0.1, -0.05) is 78.9 Å². The van der Waals surface area contributed by atoms with E-state index in [4.69, 9.17) is 14.7 Å². The zero-order valence-corrected chi connectivity index (χ0v) is 34.9. The number of amides is 3. The van der Waals surface area contributed by atoms with Crippen molar-refractivity contribution in [3.05, 3.63) is 108 Å². The number of aromatic amines is 2. The van der Waals surface area contributed by atoms with Gasteiger partial charge in [-0.15, -0.1) is 0 Å². The van der Waals surface area contributed by atoms with Crippen molar-refractivity contribution in [3.8, 4) is 33.6 Å². The summed E-state index contributed by atoms with van der Waals surface area (Å²) >= 11 is 0. The number of ether oxygens (including phenoxy) is 1. The second-order valence-corrected chi connectivity index (χ2v) is 17.4. The second-order valence-electron chi connectivity index (χ2n) is 17.4. The molecule has 2 aromatic heterocycles. The molecule has 5 aromatic rings. The number of likely N-dealkylation sites (tertiary alicyclic amines) is 3. The van der Waals surface area contributed by atoms with Crippen LogP contribution in [-0.2, 0) is 14.3 Å². The van der Waals surface area contributed by atoms with Crippen LogP contribution >= 0.6 is 0 Å². The minimum atomic E-state index is -0.575. The summed E-state index contributed by atoms with van der Waals surface area (Å²) in [6.07, 6.45) is 8.92. The third-order valence-electron chi connectivity index (χ3n) is 11.9. The number of likely N-dealkylation sites (N-methyl/N-ethyl adjacent to an activating group) is 1. The number of nitrogens with one attached hydrogen (secondary N) is 2. The van der Waals surface area contributed by atoms with Crippen LogP contribution in [-0.4, -0.2) is 103 Å². The molecule has 0 radical (unpaired) electrons. The maximum absolute atomic E-state index is 13.9. The van der Waals surface area contributed by atoms with Crippen LogP contribution in [0, 0.1) is 0 Å².